The van der Waals surface area contributed by atoms with Crippen LogP contribution in [0.5, 0.6) is 0 Å². The summed E-state index contributed by atoms with van der Waals surface area (Å²) in [7, 11) is 0. The van der Waals surface area contributed by atoms with E-state index in [1.165, 1.54) is 11.1 Å². The Bertz CT molecular complexity index is 1060. The molecule has 2 heterocycles. The molecule has 3 aromatic rings. The van der Waals surface area contributed by atoms with Crippen LogP contribution in [0.25, 0.3) is 11.0 Å². The summed E-state index contributed by atoms with van der Waals surface area (Å²) >= 11 is 0. The summed E-state index contributed by atoms with van der Waals surface area (Å²) in [5, 5.41) is 3.83. The van der Waals surface area contributed by atoms with Crippen molar-refractivity contribution in [1.82, 2.24) is 10.3 Å². The molecule has 0 aliphatic heterocycles. The molecule has 142 valence electrons. The number of hydrogen-bond acceptors (Lipinski definition) is 3. The average molecular weight is 366 g/mol. The van der Waals surface area contributed by atoms with E-state index in [1.54, 1.807) is 6.26 Å². The van der Waals surface area contributed by atoms with Crippen molar-refractivity contribution in [3.8, 4) is 0 Å². The molecule has 5 nitrogen and oxygen atoms in total. The highest BCUT2D eigenvalue weighted by atomic mass is 16.3. The van der Waals surface area contributed by atoms with Crippen LogP contribution in [0.1, 0.15) is 53.3 Å². The summed E-state index contributed by atoms with van der Waals surface area (Å²) in [6, 6.07) is 6.06. The normalized spacial score (nSPS) is 11.3. The molecule has 0 saturated carbocycles. The number of carbonyl (C=O) groups excluding carboxylic acids is 1. The molecule has 5 heteroatoms. The molecule has 3 rings (SSSR count). The van der Waals surface area contributed by atoms with Crippen molar-refractivity contribution in [2.24, 2.45) is 0 Å². The van der Waals surface area contributed by atoms with Gasteiger partial charge < -0.3 is 14.7 Å². The highest BCUT2D eigenvalue weighted by Crippen LogP contribution is 2.29. The van der Waals surface area contributed by atoms with Crippen LogP contribution in [-0.2, 0) is 17.8 Å². The van der Waals surface area contributed by atoms with Gasteiger partial charge in [0.1, 0.15) is 5.58 Å². The molecule has 2 N–H and O–H groups in total. The first-order valence-corrected chi connectivity index (χ1v) is 9.23. The van der Waals surface area contributed by atoms with Crippen molar-refractivity contribution in [3.63, 3.8) is 0 Å². The van der Waals surface area contributed by atoms with E-state index in [9.17, 15) is 9.59 Å². The first-order chi connectivity index (χ1) is 12.8. The number of benzene rings is 1. The van der Waals surface area contributed by atoms with Crippen molar-refractivity contribution < 1.29 is 9.21 Å². The maximum atomic E-state index is 12.4. The van der Waals surface area contributed by atoms with E-state index >= 15 is 0 Å². The maximum absolute atomic E-state index is 12.4. The van der Waals surface area contributed by atoms with Crippen LogP contribution in [0.2, 0.25) is 0 Å². The van der Waals surface area contributed by atoms with E-state index in [0.29, 0.717) is 11.5 Å². The van der Waals surface area contributed by atoms with Gasteiger partial charge in [-0.15, -0.1) is 0 Å². The molecular weight excluding hydrogens is 340 g/mol. The fourth-order valence-electron chi connectivity index (χ4n) is 3.53. The lowest BCUT2D eigenvalue weighted by Gasteiger charge is -2.10. The van der Waals surface area contributed by atoms with Gasteiger partial charge in [-0.2, -0.15) is 0 Å². The lowest BCUT2D eigenvalue weighted by atomic mass is 9.95. The molecule has 0 radical (unpaired) electrons. The molecule has 2 aromatic heterocycles. The monoisotopic (exact) mass is 366 g/mol. The van der Waals surface area contributed by atoms with Crippen LogP contribution in [0, 0.1) is 20.8 Å². The number of aromatic amines is 1. The van der Waals surface area contributed by atoms with Gasteiger partial charge in [-0.3, -0.25) is 9.59 Å². The Hall–Kier alpha value is -2.82. The van der Waals surface area contributed by atoms with Gasteiger partial charge in [-0.25, -0.2) is 0 Å². The minimum Gasteiger partial charge on any atom is -0.464 e. The fraction of sp³-hybridized carbons (Fsp3) is 0.364. The second kappa shape index (κ2) is 7.43. The average Bonchev–Trinajstić information content (AvgIpc) is 2.94. The van der Waals surface area contributed by atoms with Crippen molar-refractivity contribution in [2.45, 2.75) is 53.5 Å². The van der Waals surface area contributed by atoms with Crippen LogP contribution in [-0.4, -0.2) is 10.9 Å². The molecule has 0 fully saturated rings. The molecule has 0 atom stereocenters. The topological polar surface area (TPSA) is 75.1 Å². The Morgan fingerprint density at radius 3 is 2.56 bits per heavy atom. The van der Waals surface area contributed by atoms with Gasteiger partial charge in [0.15, 0.2) is 0 Å². The van der Waals surface area contributed by atoms with E-state index in [0.717, 1.165) is 27.8 Å². The second-order valence-corrected chi connectivity index (χ2v) is 7.52. The number of carbonyl (C=O) groups is 1. The predicted octanol–water partition coefficient (Wildman–Crippen LogP) is 4.03. The van der Waals surface area contributed by atoms with Gasteiger partial charge in [0, 0.05) is 28.8 Å². The number of furan rings is 1. The van der Waals surface area contributed by atoms with Crippen LogP contribution in [0.3, 0.4) is 0 Å². The Morgan fingerprint density at radius 2 is 1.89 bits per heavy atom. The van der Waals surface area contributed by atoms with E-state index < -0.39 is 0 Å². The third-order valence-electron chi connectivity index (χ3n) is 4.97. The quantitative estimate of drug-likeness (QED) is 0.716. The molecule has 1 aromatic carbocycles. The summed E-state index contributed by atoms with van der Waals surface area (Å²) in [5.74, 6) is 0.269. The van der Waals surface area contributed by atoms with Crippen molar-refractivity contribution in [3.05, 3.63) is 68.3 Å². The molecule has 1 amide bonds. The fourth-order valence-corrected chi connectivity index (χ4v) is 3.53. The summed E-state index contributed by atoms with van der Waals surface area (Å²) in [5.41, 5.74) is 6.23. The van der Waals surface area contributed by atoms with Crippen LogP contribution >= 0.6 is 0 Å². The van der Waals surface area contributed by atoms with Crippen molar-refractivity contribution >= 4 is 16.9 Å². The summed E-state index contributed by atoms with van der Waals surface area (Å²) in [6.07, 6.45) is 1.87. The Kier molecular flexibility index (Phi) is 5.22. The first-order valence-electron chi connectivity index (χ1n) is 9.23. The van der Waals surface area contributed by atoms with E-state index in [-0.39, 0.29) is 24.4 Å². The van der Waals surface area contributed by atoms with Gasteiger partial charge in [0.25, 0.3) is 5.56 Å². The Morgan fingerprint density at radius 1 is 1.15 bits per heavy atom. The number of aromatic nitrogens is 1. The number of amides is 1. The number of fused-ring (bicyclic) bond motifs is 1. The Labute approximate surface area is 158 Å². The van der Waals surface area contributed by atoms with E-state index in [2.05, 4.69) is 37.1 Å². The summed E-state index contributed by atoms with van der Waals surface area (Å²) in [4.78, 5) is 27.3. The molecule has 0 aliphatic carbocycles. The number of pyridine rings is 1. The molecular formula is C22H26N2O3. The summed E-state index contributed by atoms with van der Waals surface area (Å²) in [6.45, 7) is 10.3. The third-order valence-corrected chi connectivity index (χ3v) is 4.97. The Balaban J connectivity index is 1.77. The molecule has 0 aliphatic rings. The van der Waals surface area contributed by atoms with Gasteiger partial charge in [-0.1, -0.05) is 13.8 Å². The molecule has 0 bridgehead atoms. The van der Waals surface area contributed by atoms with Gasteiger partial charge in [0.2, 0.25) is 5.91 Å². The van der Waals surface area contributed by atoms with Crippen LogP contribution < -0.4 is 10.9 Å². The van der Waals surface area contributed by atoms with Gasteiger partial charge in [0.05, 0.1) is 12.7 Å². The smallest absolute Gasteiger partial charge is 0.253 e. The van der Waals surface area contributed by atoms with Crippen molar-refractivity contribution in [1.29, 1.82) is 0 Å². The SMILES string of the molecule is Cc1cc(C)c(CNC(=O)Cc2coc3cc(C)c(C(C)C)cc23)c(=O)[nH]1. The lowest BCUT2D eigenvalue weighted by molar-refractivity contribution is -0.120. The van der Waals surface area contributed by atoms with Gasteiger partial charge >= 0.3 is 0 Å². The molecule has 27 heavy (non-hydrogen) atoms. The zero-order chi connectivity index (χ0) is 19.7. The van der Waals surface area contributed by atoms with E-state index in [4.69, 9.17) is 4.42 Å². The standard InChI is InChI=1S/C22H26N2O3/c1-12(2)17-9-18-16(11-27-20(18)7-14(17)4)8-21(25)23-10-19-13(3)6-15(5)24-22(19)26/h6-7,9,11-12H,8,10H2,1-5H3,(H,23,25)(H,24,26). The van der Waals surface area contributed by atoms with Crippen LogP contribution in [0.4, 0.5) is 0 Å². The minimum atomic E-state index is -0.154. The number of nitrogens with one attached hydrogen (secondary N) is 2. The molecule has 0 saturated heterocycles. The molecule has 0 unspecified atom stereocenters. The largest absolute Gasteiger partial charge is 0.464 e. The highest BCUT2D eigenvalue weighted by molar-refractivity contribution is 5.88. The second-order valence-electron chi connectivity index (χ2n) is 7.52. The predicted molar refractivity (Wildman–Crippen MR) is 107 cm³/mol. The minimum absolute atomic E-state index is 0.135. The summed E-state index contributed by atoms with van der Waals surface area (Å²) < 4.78 is 5.64. The zero-order valence-corrected chi connectivity index (χ0v) is 16.5. The number of H-pyrrole nitrogens is 1. The van der Waals surface area contributed by atoms with Crippen molar-refractivity contribution in [2.75, 3.05) is 0 Å². The first kappa shape index (κ1) is 19.0. The zero-order valence-electron chi connectivity index (χ0n) is 16.5. The van der Waals surface area contributed by atoms with Gasteiger partial charge in [-0.05, 0) is 61.6 Å². The van der Waals surface area contributed by atoms with Crippen LogP contribution in [0.15, 0.2) is 33.7 Å². The highest BCUT2D eigenvalue weighted by Gasteiger charge is 2.14. The third kappa shape index (κ3) is 3.97. The lowest BCUT2D eigenvalue weighted by Crippen LogP contribution is -2.28. The number of hydrogen-bond donors (Lipinski definition) is 2. The maximum Gasteiger partial charge on any atom is 0.253 e. The molecule has 0 spiro atoms. The number of rotatable bonds is 5. The number of aryl methyl sites for hydroxylation is 3. The van der Waals surface area contributed by atoms with E-state index in [1.807, 2.05) is 26.0 Å².